The van der Waals surface area contributed by atoms with Crippen molar-refractivity contribution < 1.29 is 18.6 Å². The molecule has 39 heavy (non-hydrogen) atoms. The van der Waals surface area contributed by atoms with Crippen LogP contribution < -0.4 is 0 Å². The number of sulfonamides is 1. The van der Waals surface area contributed by atoms with Crippen molar-refractivity contribution in [1.82, 2.24) is 4.31 Å². The van der Waals surface area contributed by atoms with E-state index < -0.39 is 22.2 Å². The van der Waals surface area contributed by atoms with Gasteiger partial charge in [0.05, 0.1) is 17.1 Å². The van der Waals surface area contributed by atoms with Gasteiger partial charge < -0.3 is 10.2 Å². The van der Waals surface area contributed by atoms with Crippen molar-refractivity contribution in [2.45, 2.75) is 153 Å². The Kier molecular flexibility index (Phi) is 20.6. The number of benzene rings is 1. The number of aliphatic hydroxyl groups is 2. The molecule has 0 aromatic heterocycles. The van der Waals surface area contributed by atoms with Gasteiger partial charge in [-0.25, -0.2) is 8.42 Å². The van der Waals surface area contributed by atoms with Crippen molar-refractivity contribution in [3.63, 3.8) is 0 Å². The van der Waals surface area contributed by atoms with Crippen molar-refractivity contribution in [3.05, 3.63) is 42.5 Å². The second kappa shape index (κ2) is 22.5. The Morgan fingerprint density at radius 2 is 1.13 bits per heavy atom. The molecule has 1 rings (SSSR count). The average molecular weight is 566 g/mol. The predicted molar refractivity (Wildman–Crippen MR) is 166 cm³/mol. The van der Waals surface area contributed by atoms with Crippen LogP contribution in [0.5, 0.6) is 0 Å². The average Bonchev–Trinajstić information content (AvgIpc) is 2.91. The number of aryl methyl sites for hydroxylation is 1. The highest BCUT2D eigenvalue weighted by Gasteiger charge is 2.28. The van der Waals surface area contributed by atoms with E-state index in [-0.39, 0.29) is 18.0 Å². The predicted octanol–water partition coefficient (Wildman–Crippen LogP) is 8.33. The summed E-state index contributed by atoms with van der Waals surface area (Å²) >= 11 is 0. The van der Waals surface area contributed by atoms with Crippen LogP contribution in [0, 0.1) is 6.92 Å². The van der Waals surface area contributed by atoms with E-state index in [0.717, 1.165) is 50.5 Å². The van der Waals surface area contributed by atoms with Gasteiger partial charge in [0, 0.05) is 13.1 Å². The molecule has 0 aliphatic carbocycles. The van der Waals surface area contributed by atoms with Gasteiger partial charge in [-0.3, -0.25) is 0 Å². The van der Waals surface area contributed by atoms with Gasteiger partial charge in [-0.1, -0.05) is 127 Å². The lowest BCUT2D eigenvalue weighted by atomic mass is 10.0. The molecule has 0 aliphatic heterocycles. The molecular weight excluding hydrogens is 506 g/mol. The third-order valence-electron chi connectivity index (χ3n) is 7.57. The molecule has 1 aromatic rings. The number of rotatable bonds is 26. The lowest BCUT2D eigenvalue weighted by Gasteiger charge is -2.27. The second-order valence-electron chi connectivity index (χ2n) is 11.4. The van der Waals surface area contributed by atoms with Crippen LogP contribution in [0.15, 0.2) is 41.8 Å². The lowest BCUT2D eigenvalue weighted by Crippen LogP contribution is -2.42. The van der Waals surface area contributed by atoms with Gasteiger partial charge in [-0.2, -0.15) is 4.31 Å². The molecule has 0 radical (unpaired) electrons. The summed E-state index contributed by atoms with van der Waals surface area (Å²) in [5.74, 6) is 0. The molecule has 0 amide bonds. The number of hydrogen-bond donors (Lipinski definition) is 2. The zero-order valence-electron chi connectivity index (χ0n) is 25.2. The summed E-state index contributed by atoms with van der Waals surface area (Å²) in [6, 6.07) is 6.81. The number of aliphatic hydroxyl groups excluding tert-OH is 2. The van der Waals surface area contributed by atoms with E-state index in [1.165, 1.54) is 68.5 Å². The van der Waals surface area contributed by atoms with E-state index in [0.29, 0.717) is 12.8 Å². The van der Waals surface area contributed by atoms with Crippen LogP contribution in [-0.2, 0) is 10.0 Å². The third kappa shape index (κ3) is 17.3. The number of unbranched alkanes of at least 4 members (excludes halogenated alkanes) is 15. The molecule has 1 aromatic carbocycles. The van der Waals surface area contributed by atoms with Crippen LogP contribution in [0.1, 0.15) is 134 Å². The van der Waals surface area contributed by atoms with Crippen molar-refractivity contribution in [1.29, 1.82) is 0 Å². The Hall–Kier alpha value is -1.21. The molecule has 6 heteroatoms. The van der Waals surface area contributed by atoms with E-state index in [2.05, 4.69) is 13.5 Å². The van der Waals surface area contributed by atoms with Gasteiger partial charge in [0.15, 0.2) is 0 Å². The van der Waals surface area contributed by atoms with Crippen LogP contribution in [0.4, 0.5) is 0 Å². The summed E-state index contributed by atoms with van der Waals surface area (Å²) in [4.78, 5) is 0.215. The van der Waals surface area contributed by atoms with Crippen LogP contribution >= 0.6 is 0 Å². The first-order valence-corrected chi connectivity index (χ1v) is 17.3. The highest BCUT2D eigenvalue weighted by Crippen LogP contribution is 2.20. The standard InChI is InChI=1S/C33H59NO4S/c1-4-6-8-10-12-14-15-17-19-21-23-32(36)29-34(39(37,38)33-26-24-30(3)25-27-33)28-31(35)22-20-18-16-13-11-9-7-5-2/h4,24-27,31-32,35-36H,1,5-23,28-29H2,2-3H3/t31-,32-/m1/s1. The fourth-order valence-electron chi connectivity index (χ4n) is 5.03. The lowest BCUT2D eigenvalue weighted by molar-refractivity contribution is 0.0965. The summed E-state index contributed by atoms with van der Waals surface area (Å²) < 4.78 is 28.2. The summed E-state index contributed by atoms with van der Waals surface area (Å²) in [5, 5.41) is 21.5. The number of hydrogen-bond acceptors (Lipinski definition) is 4. The fourth-order valence-corrected chi connectivity index (χ4v) is 6.54. The van der Waals surface area contributed by atoms with E-state index >= 15 is 0 Å². The van der Waals surface area contributed by atoms with Crippen molar-refractivity contribution >= 4 is 10.0 Å². The van der Waals surface area contributed by atoms with Crippen molar-refractivity contribution in [2.75, 3.05) is 13.1 Å². The first-order chi connectivity index (χ1) is 18.8. The molecule has 2 N–H and O–H groups in total. The van der Waals surface area contributed by atoms with Gasteiger partial charge in [0.2, 0.25) is 10.0 Å². The largest absolute Gasteiger partial charge is 0.392 e. The van der Waals surface area contributed by atoms with Gasteiger partial charge in [-0.15, -0.1) is 6.58 Å². The van der Waals surface area contributed by atoms with E-state index in [4.69, 9.17) is 0 Å². The highest BCUT2D eigenvalue weighted by molar-refractivity contribution is 7.89. The van der Waals surface area contributed by atoms with E-state index in [1.54, 1.807) is 24.3 Å². The Bertz CT molecular complexity index is 825. The maximum Gasteiger partial charge on any atom is 0.243 e. The first-order valence-electron chi connectivity index (χ1n) is 15.8. The quantitative estimate of drug-likeness (QED) is 0.0874. The minimum absolute atomic E-state index is 0.0218. The molecule has 0 saturated carbocycles. The van der Waals surface area contributed by atoms with Crippen LogP contribution in [0.2, 0.25) is 0 Å². The van der Waals surface area contributed by atoms with Crippen molar-refractivity contribution in [3.8, 4) is 0 Å². The maximum atomic E-state index is 13.5. The summed E-state index contributed by atoms with van der Waals surface area (Å²) in [6.45, 7) is 7.96. The monoisotopic (exact) mass is 565 g/mol. The molecule has 0 bridgehead atoms. The minimum Gasteiger partial charge on any atom is -0.392 e. The Labute approximate surface area is 241 Å². The molecule has 0 unspecified atom stereocenters. The molecule has 0 aliphatic rings. The van der Waals surface area contributed by atoms with Crippen molar-refractivity contribution in [2.24, 2.45) is 0 Å². The number of nitrogens with zero attached hydrogens (tertiary/aromatic N) is 1. The molecular formula is C33H59NO4S. The summed E-state index contributed by atoms with van der Waals surface area (Å²) in [5.41, 5.74) is 0.993. The Morgan fingerprint density at radius 3 is 1.56 bits per heavy atom. The molecule has 226 valence electrons. The van der Waals surface area contributed by atoms with Crippen LogP contribution in [-0.4, -0.2) is 48.2 Å². The van der Waals surface area contributed by atoms with Crippen LogP contribution in [0.3, 0.4) is 0 Å². The molecule has 0 heterocycles. The van der Waals surface area contributed by atoms with E-state index in [1.807, 2.05) is 13.0 Å². The molecule has 0 spiro atoms. The Balaban J connectivity index is 2.52. The minimum atomic E-state index is -3.80. The fraction of sp³-hybridized carbons (Fsp3) is 0.758. The maximum absolute atomic E-state index is 13.5. The zero-order valence-corrected chi connectivity index (χ0v) is 26.0. The molecule has 2 atom stereocenters. The SMILES string of the molecule is C=CCCCCCCCCCC[C@@H](O)CN(C[C@H](O)CCCCCCCCCC)S(=O)(=O)c1ccc(C)cc1. The Morgan fingerprint density at radius 1 is 0.718 bits per heavy atom. The topological polar surface area (TPSA) is 77.8 Å². The van der Waals surface area contributed by atoms with Gasteiger partial charge in [0.25, 0.3) is 0 Å². The van der Waals surface area contributed by atoms with E-state index in [9.17, 15) is 18.6 Å². The molecule has 5 nitrogen and oxygen atoms in total. The normalized spacial score (nSPS) is 13.6. The second-order valence-corrected chi connectivity index (χ2v) is 13.3. The van der Waals surface area contributed by atoms with Gasteiger partial charge >= 0.3 is 0 Å². The van der Waals surface area contributed by atoms with Crippen LogP contribution in [0.25, 0.3) is 0 Å². The number of allylic oxidation sites excluding steroid dienone is 1. The van der Waals surface area contributed by atoms with Gasteiger partial charge in [0.1, 0.15) is 0 Å². The molecule has 0 fully saturated rings. The summed E-state index contributed by atoms with van der Waals surface area (Å²) in [6.07, 6.45) is 21.5. The van der Waals surface area contributed by atoms with Gasteiger partial charge in [-0.05, 0) is 44.7 Å². The summed E-state index contributed by atoms with van der Waals surface area (Å²) in [7, 11) is -3.80. The molecule has 0 saturated heterocycles. The third-order valence-corrected chi connectivity index (χ3v) is 9.42. The zero-order chi connectivity index (χ0) is 28.8. The first kappa shape index (κ1) is 35.8. The smallest absolute Gasteiger partial charge is 0.243 e. The highest BCUT2D eigenvalue weighted by atomic mass is 32.2.